The van der Waals surface area contributed by atoms with E-state index in [9.17, 15) is 24.9 Å². The first kappa shape index (κ1) is 26.4. The second-order valence-corrected chi connectivity index (χ2v) is 8.75. The third-order valence-corrected chi connectivity index (χ3v) is 5.53. The summed E-state index contributed by atoms with van der Waals surface area (Å²) in [5.74, 6) is -1.57. The van der Waals surface area contributed by atoms with Crippen molar-refractivity contribution in [1.29, 1.82) is 0 Å². The van der Waals surface area contributed by atoms with Crippen molar-refractivity contribution in [2.45, 2.75) is 69.9 Å². The monoisotopic (exact) mass is 465 g/mol. The SMILES string of the molecule is CC(C)C[C@H](NC(=O)[C@@H](O)[C@@H](O)[C@@H](N)CCCN=C(N)N)[C@@H]1Cc2cccc(O)c2C(=O)O1. The molecule has 11 nitrogen and oxygen atoms in total. The van der Waals surface area contributed by atoms with Crippen molar-refractivity contribution < 1.29 is 29.6 Å². The van der Waals surface area contributed by atoms with Crippen LogP contribution in [-0.2, 0) is 16.0 Å². The molecule has 0 bridgehead atoms. The summed E-state index contributed by atoms with van der Waals surface area (Å²) in [6, 6.07) is 3.28. The van der Waals surface area contributed by atoms with E-state index in [1.807, 2.05) is 13.8 Å². The number of nitrogens with one attached hydrogen (secondary N) is 1. The standard InChI is InChI=1S/C22H35N5O6/c1-11(2)9-14(16-10-12-5-3-7-15(28)17(12)21(32)33-16)27-20(31)19(30)18(29)13(23)6-4-8-26-22(24)25/h3,5,7,11,13-14,16,18-19,28-30H,4,6,8-10,23H2,1-2H3,(H,27,31)(H4,24,25,26)/t13-,14-,16-,18-,19-/m0/s1. The number of amides is 1. The van der Waals surface area contributed by atoms with Crippen LogP contribution in [0.1, 0.15) is 49.0 Å². The average Bonchev–Trinajstić information content (AvgIpc) is 2.74. The number of hydrogen-bond acceptors (Lipinski definition) is 8. The molecular weight excluding hydrogens is 430 g/mol. The van der Waals surface area contributed by atoms with Gasteiger partial charge >= 0.3 is 5.97 Å². The summed E-state index contributed by atoms with van der Waals surface area (Å²) in [5.41, 5.74) is 17.2. The Morgan fingerprint density at radius 1 is 1.30 bits per heavy atom. The fourth-order valence-electron chi connectivity index (χ4n) is 3.85. The number of aliphatic hydroxyl groups is 2. The number of nitrogens with two attached hydrogens (primary N) is 3. The average molecular weight is 466 g/mol. The fourth-order valence-corrected chi connectivity index (χ4v) is 3.85. The highest BCUT2D eigenvalue weighted by Crippen LogP contribution is 2.30. The first-order valence-corrected chi connectivity index (χ1v) is 11.0. The number of aliphatic hydroxyl groups excluding tert-OH is 2. The number of cyclic esters (lactones) is 1. The Labute approximate surface area is 193 Å². The number of esters is 1. The van der Waals surface area contributed by atoms with E-state index < -0.39 is 42.3 Å². The fraction of sp³-hybridized carbons (Fsp3) is 0.591. The lowest BCUT2D eigenvalue weighted by Crippen LogP contribution is -2.55. The van der Waals surface area contributed by atoms with Gasteiger partial charge < -0.3 is 42.6 Å². The van der Waals surface area contributed by atoms with E-state index in [1.165, 1.54) is 6.07 Å². The van der Waals surface area contributed by atoms with Gasteiger partial charge in [0.25, 0.3) is 5.91 Å². The van der Waals surface area contributed by atoms with Crippen molar-refractivity contribution in [3.8, 4) is 5.75 Å². The molecule has 1 amide bonds. The summed E-state index contributed by atoms with van der Waals surface area (Å²) in [4.78, 5) is 29.0. The van der Waals surface area contributed by atoms with Crippen molar-refractivity contribution in [3.05, 3.63) is 29.3 Å². The van der Waals surface area contributed by atoms with E-state index in [0.717, 1.165) is 0 Å². The van der Waals surface area contributed by atoms with Gasteiger partial charge in [-0.05, 0) is 36.8 Å². The Kier molecular flexibility index (Phi) is 9.44. The Bertz CT molecular complexity index is 858. The third-order valence-electron chi connectivity index (χ3n) is 5.53. The maximum Gasteiger partial charge on any atom is 0.342 e. The van der Waals surface area contributed by atoms with E-state index >= 15 is 0 Å². The van der Waals surface area contributed by atoms with Crippen molar-refractivity contribution in [3.63, 3.8) is 0 Å². The van der Waals surface area contributed by atoms with Gasteiger partial charge in [0.05, 0.1) is 6.04 Å². The smallest absolute Gasteiger partial charge is 0.342 e. The minimum Gasteiger partial charge on any atom is -0.507 e. The molecule has 0 spiro atoms. The minimum absolute atomic E-state index is 0.0547. The van der Waals surface area contributed by atoms with E-state index in [2.05, 4.69) is 10.3 Å². The summed E-state index contributed by atoms with van der Waals surface area (Å²) in [6.07, 6.45) is -2.47. The van der Waals surface area contributed by atoms with Gasteiger partial charge in [-0.1, -0.05) is 26.0 Å². The molecule has 0 radical (unpaired) electrons. The van der Waals surface area contributed by atoms with Crippen LogP contribution >= 0.6 is 0 Å². The zero-order chi connectivity index (χ0) is 24.7. The van der Waals surface area contributed by atoms with Crippen molar-refractivity contribution in [2.75, 3.05) is 6.54 Å². The number of ether oxygens (including phenoxy) is 1. The lowest BCUT2D eigenvalue weighted by molar-refractivity contribution is -0.138. The number of aliphatic imine (C=N–C) groups is 1. The van der Waals surface area contributed by atoms with Crippen LogP contribution in [0.25, 0.3) is 0 Å². The topological polar surface area (TPSA) is 207 Å². The van der Waals surface area contributed by atoms with Crippen LogP contribution in [0.2, 0.25) is 0 Å². The predicted molar refractivity (Wildman–Crippen MR) is 122 cm³/mol. The number of benzene rings is 1. The molecule has 2 rings (SSSR count). The zero-order valence-corrected chi connectivity index (χ0v) is 19.0. The van der Waals surface area contributed by atoms with Gasteiger partial charge in [0.2, 0.25) is 0 Å². The first-order chi connectivity index (χ1) is 15.5. The van der Waals surface area contributed by atoms with Crippen LogP contribution in [-0.4, -0.2) is 70.1 Å². The molecule has 1 aromatic carbocycles. The normalized spacial score (nSPS) is 19.1. The maximum absolute atomic E-state index is 12.7. The van der Waals surface area contributed by atoms with Gasteiger partial charge in [-0.15, -0.1) is 0 Å². The van der Waals surface area contributed by atoms with E-state index in [-0.39, 0.29) is 36.0 Å². The lowest BCUT2D eigenvalue weighted by Gasteiger charge is -2.34. The van der Waals surface area contributed by atoms with Gasteiger partial charge in [-0.3, -0.25) is 9.79 Å². The van der Waals surface area contributed by atoms with Crippen LogP contribution in [0.4, 0.5) is 0 Å². The molecule has 1 aliphatic rings. The maximum atomic E-state index is 12.7. The van der Waals surface area contributed by atoms with Crippen LogP contribution in [0, 0.1) is 5.92 Å². The Morgan fingerprint density at radius 3 is 2.64 bits per heavy atom. The molecule has 0 saturated heterocycles. The summed E-state index contributed by atoms with van der Waals surface area (Å²) < 4.78 is 5.51. The molecule has 0 saturated carbocycles. The molecule has 33 heavy (non-hydrogen) atoms. The number of phenols is 1. The molecule has 5 atom stereocenters. The van der Waals surface area contributed by atoms with E-state index in [0.29, 0.717) is 24.9 Å². The summed E-state index contributed by atoms with van der Waals surface area (Å²) in [5, 5.41) is 33.4. The second-order valence-electron chi connectivity index (χ2n) is 8.75. The van der Waals surface area contributed by atoms with Crippen LogP contribution < -0.4 is 22.5 Å². The molecule has 0 fully saturated rings. The molecule has 0 aliphatic carbocycles. The highest BCUT2D eigenvalue weighted by molar-refractivity contribution is 5.95. The largest absolute Gasteiger partial charge is 0.507 e. The quantitative estimate of drug-likeness (QED) is 0.0934. The van der Waals surface area contributed by atoms with Crippen LogP contribution in [0.15, 0.2) is 23.2 Å². The molecular formula is C22H35N5O6. The Hall–Kier alpha value is -2.89. The van der Waals surface area contributed by atoms with E-state index in [1.54, 1.807) is 12.1 Å². The van der Waals surface area contributed by atoms with Gasteiger partial charge in [-0.2, -0.15) is 0 Å². The van der Waals surface area contributed by atoms with Gasteiger partial charge in [-0.25, -0.2) is 4.79 Å². The number of guanidine groups is 1. The van der Waals surface area contributed by atoms with Crippen molar-refractivity contribution in [1.82, 2.24) is 5.32 Å². The van der Waals surface area contributed by atoms with Gasteiger partial charge in [0, 0.05) is 19.0 Å². The molecule has 0 unspecified atom stereocenters. The molecule has 1 aromatic rings. The van der Waals surface area contributed by atoms with Gasteiger partial charge in [0.15, 0.2) is 12.1 Å². The number of hydrogen-bond donors (Lipinski definition) is 7. The molecule has 11 heteroatoms. The number of carbonyl (C=O) groups excluding carboxylic acids is 2. The Morgan fingerprint density at radius 2 is 2.00 bits per heavy atom. The highest BCUT2D eigenvalue weighted by Gasteiger charge is 2.37. The first-order valence-electron chi connectivity index (χ1n) is 11.0. The number of rotatable bonds is 11. The van der Waals surface area contributed by atoms with E-state index in [4.69, 9.17) is 21.9 Å². The van der Waals surface area contributed by atoms with Crippen molar-refractivity contribution in [2.24, 2.45) is 28.1 Å². The molecule has 0 aromatic heterocycles. The second kappa shape index (κ2) is 11.8. The summed E-state index contributed by atoms with van der Waals surface area (Å²) >= 11 is 0. The number of carbonyl (C=O) groups is 2. The zero-order valence-electron chi connectivity index (χ0n) is 19.0. The third kappa shape index (κ3) is 7.31. The molecule has 1 heterocycles. The Balaban J connectivity index is 2.05. The number of phenolic OH excluding ortho intramolecular Hbond substituents is 1. The lowest BCUT2D eigenvalue weighted by atomic mass is 9.90. The van der Waals surface area contributed by atoms with Gasteiger partial charge in [0.1, 0.15) is 23.5 Å². The highest BCUT2D eigenvalue weighted by atomic mass is 16.5. The molecule has 1 aliphatic heterocycles. The van der Waals surface area contributed by atoms with Crippen LogP contribution in [0.5, 0.6) is 5.75 Å². The number of fused-ring (bicyclic) bond motifs is 1. The molecule has 10 N–H and O–H groups in total. The summed E-state index contributed by atoms with van der Waals surface area (Å²) in [7, 11) is 0. The number of aromatic hydroxyl groups is 1. The predicted octanol–water partition coefficient (Wildman–Crippen LogP) is -0.893. The number of nitrogens with zero attached hydrogens (tertiary/aromatic N) is 1. The van der Waals surface area contributed by atoms with Crippen molar-refractivity contribution >= 4 is 17.8 Å². The minimum atomic E-state index is -1.77. The summed E-state index contributed by atoms with van der Waals surface area (Å²) in [6.45, 7) is 4.20. The van der Waals surface area contributed by atoms with Crippen LogP contribution in [0.3, 0.4) is 0 Å². The molecule has 184 valence electrons.